The molecule has 182 valence electrons. The molecule has 0 bridgehead atoms. The summed E-state index contributed by atoms with van der Waals surface area (Å²) in [4.78, 5) is 0. The van der Waals surface area contributed by atoms with Crippen LogP contribution < -0.4 is 0 Å². The number of nitrogens with zero attached hydrogens (tertiary/aromatic N) is 1. The molecule has 0 aliphatic heterocycles. The first-order valence-corrected chi connectivity index (χ1v) is 13.5. The Bertz CT molecular complexity index is 2140. The van der Waals surface area contributed by atoms with Gasteiger partial charge in [0.2, 0.25) is 0 Å². The average Bonchev–Trinajstić information content (AvgIpc) is 3.36. The molecule has 1 heteroatoms. The molecule has 0 saturated carbocycles. The van der Waals surface area contributed by atoms with Gasteiger partial charge in [0.15, 0.2) is 0 Å². The van der Waals surface area contributed by atoms with Gasteiger partial charge in [-0.2, -0.15) is 0 Å². The van der Waals surface area contributed by atoms with Crippen LogP contribution in [0.2, 0.25) is 0 Å². The number of para-hydroxylation sites is 1. The Morgan fingerprint density at radius 3 is 1.77 bits per heavy atom. The van der Waals surface area contributed by atoms with E-state index in [-0.39, 0.29) is 0 Å². The van der Waals surface area contributed by atoms with Crippen molar-refractivity contribution in [3.8, 4) is 27.9 Å². The van der Waals surface area contributed by atoms with E-state index >= 15 is 0 Å². The molecule has 7 aromatic carbocycles. The number of hydrogen-bond donors (Lipinski definition) is 0. The average molecular weight is 496 g/mol. The van der Waals surface area contributed by atoms with Gasteiger partial charge < -0.3 is 4.57 Å². The lowest BCUT2D eigenvalue weighted by Gasteiger charge is -2.12. The highest BCUT2D eigenvalue weighted by atomic mass is 15.0. The molecule has 1 aromatic heterocycles. The summed E-state index contributed by atoms with van der Waals surface area (Å²) in [7, 11) is 0. The monoisotopic (exact) mass is 495 g/mol. The quantitative estimate of drug-likeness (QED) is 0.230. The molecule has 0 aliphatic carbocycles. The molecule has 8 rings (SSSR count). The molecule has 0 aliphatic rings. The van der Waals surface area contributed by atoms with Crippen LogP contribution in [-0.4, -0.2) is 4.57 Å². The highest BCUT2D eigenvalue weighted by Crippen LogP contribution is 2.39. The van der Waals surface area contributed by atoms with Crippen molar-refractivity contribution in [1.29, 1.82) is 0 Å². The molecule has 8 aromatic rings. The van der Waals surface area contributed by atoms with E-state index in [9.17, 15) is 0 Å². The van der Waals surface area contributed by atoms with Crippen LogP contribution in [0.15, 0.2) is 152 Å². The molecule has 0 saturated heterocycles. The van der Waals surface area contributed by atoms with Gasteiger partial charge in [-0.15, -0.1) is 0 Å². The van der Waals surface area contributed by atoms with E-state index in [2.05, 4.69) is 156 Å². The van der Waals surface area contributed by atoms with Crippen molar-refractivity contribution < 1.29 is 0 Å². The molecular formula is C38H25N. The summed E-state index contributed by atoms with van der Waals surface area (Å²) >= 11 is 0. The Labute approximate surface area is 227 Å². The van der Waals surface area contributed by atoms with Gasteiger partial charge in [-0.1, -0.05) is 127 Å². The van der Waals surface area contributed by atoms with Crippen molar-refractivity contribution in [3.05, 3.63) is 152 Å². The van der Waals surface area contributed by atoms with E-state index in [0.29, 0.717) is 0 Å². The van der Waals surface area contributed by atoms with Gasteiger partial charge in [-0.25, -0.2) is 0 Å². The number of rotatable bonds is 3. The van der Waals surface area contributed by atoms with Gasteiger partial charge in [0.25, 0.3) is 0 Å². The number of aromatic nitrogens is 1. The van der Waals surface area contributed by atoms with Crippen LogP contribution in [0, 0.1) is 0 Å². The van der Waals surface area contributed by atoms with Gasteiger partial charge >= 0.3 is 0 Å². The Hall–Kier alpha value is -5.14. The second-order valence-corrected chi connectivity index (χ2v) is 10.2. The zero-order chi connectivity index (χ0) is 25.8. The molecular weight excluding hydrogens is 470 g/mol. The van der Waals surface area contributed by atoms with E-state index in [4.69, 9.17) is 0 Å². The predicted octanol–water partition coefficient (Wildman–Crippen LogP) is 10.4. The third-order valence-corrected chi connectivity index (χ3v) is 7.99. The van der Waals surface area contributed by atoms with Gasteiger partial charge in [-0.05, 0) is 62.7 Å². The molecule has 0 spiro atoms. The molecule has 1 heterocycles. The SMILES string of the molecule is c1ccc(-c2ccc(-c3ccc4ccc5c(c4c3)c3ccccc3n5-c3cccc4ccccc34)cc2)cc1. The summed E-state index contributed by atoms with van der Waals surface area (Å²) in [6.45, 7) is 0. The molecule has 0 amide bonds. The molecule has 0 fully saturated rings. The maximum absolute atomic E-state index is 2.44. The third-order valence-electron chi connectivity index (χ3n) is 7.99. The van der Waals surface area contributed by atoms with Crippen molar-refractivity contribution in [2.45, 2.75) is 0 Å². The van der Waals surface area contributed by atoms with Gasteiger partial charge in [0.1, 0.15) is 0 Å². The second kappa shape index (κ2) is 8.72. The van der Waals surface area contributed by atoms with E-state index in [1.54, 1.807) is 0 Å². The minimum atomic E-state index is 1.21. The number of hydrogen-bond acceptors (Lipinski definition) is 0. The van der Waals surface area contributed by atoms with E-state index < -0.39 is 0 Å². The van der Waals surface area contributed by atoms with Crippen LogP contribution in [0.1, 0.15) is 0 Å². The topological polar surface area (TPSA) is 4.93 Å². The van der Waals surface area contributed by atoms with E-state index in [0.717, 1.165) is 0 Å². The minimum Gasteiger partial charge on any atom is -0.309 e. The fourth-order valence-corrected chi connectivity index (χ4v) is 6.12. The first kappa shape index (κ1) is 21.9. The maximum Gasteiger partial charge on any atom is 0.0547 e. The third kappa shape index (κ3) is 3.48. The lowest BCUT2D eigenvalue weighted by molar-refractivity contribution is 1.20. The molecule has 0 unspecified atom stereocenters. The fraction of sp³-hybridized carbons (Fsp3) is 0. The predicted molar refractivity (Wildman–Crippen MR) is 167 cm³/mol. The highest BCUT2D eigenvalue weighted by molar-refractivity contribution is 6.22. The maximum atomic E-state index is 2.44. The second-order valence-electron chi connectivity index (χ2n) is 10.2. The zero-order valence-corrected chi connectivity index (χ0v) is 21.4. The van der Waals surface area contributed by atoms with Crippen molar-refractivity contribution in [3.63, 3.8) is 0 Å². The summed E-state index contributed by atoms with van der Waals surface area (Å²) in [6.07, 6.45) is 0. The Morgan fingerprint density at radius 1 is 0.333 bits per heavy atom. The van der Waals surface area contributed by atoms with Crippen LogP contribution in [0.25, 0.3) is 71.3 Å². The van der Waals surface area contributed by atoms with Crippen molar-refractivity contribution >= 4 is 43.4 Å². The molecule has 0 atom stereocenters. The van der Waals surface area contributed by atoms with Crippen molar-refractivity contribution in [2.24, 2.45) is 0 Å². The van der Waals surface area contributed by atoms with Crippen LogP contribution in [0.4, 0.5) is 0 Å². The smallest absolute Gasteiger partial charge is 0.0547 e. The summed E-state index contributed by atoms with van der Waals surface area (Å²) in [6, 6.07) is 55.0. The van der Waals surface area contributed by atoms with Crippen LogP contribution >= 0.6 is 0 Å². The van der Waals surface area contributed by atoms with Gasteiger partial charge in [0.05, 0.1) is 16.7 Å². The first-order chi connectivity index (χ1) is 19.3. The Morgan fingerprint density at radius 2 is 0.923 bits per heavy atom. The number of fused-ring (bicyclic) bond motifs is 6. The van der Waals surface area contributed by atoms with Crippen molar-refractivity contribution in [1.82, 2.24) is 4.57 Å². The zero-order valence-electron chi connectivity index (χ0n) is 21.4. The summed E-state index contributed by atoms with van der Waals surface area (Å²) in [5.74, 6) is 0. The highest BCUT2D eigenvalue weighted by Gasteiger charge is 2.16. The summed E-state index contributed by atoms with van der Waals surface area (Å²) in [5, 5.41) is 7.64. The normalized spacial score (nSPS) is 11.6. The molecule has 39 heavy (non-hydrogen) atoms. The van der Waals surface area contributed by atoms with E-state index in [1.165, 1.54) is 71.3 Å². The standard InChI is InChI=1S/C38H25N/c1-2-9-26(10-3-1)27-17-19-28(20-18-27)31-22-21-30-23-24-37-38(34(30)25-31)33-14-6-7-15-36(33)39(37)35-16-8-12-29-11-4-5-13-32(29)35/h1-25H. The van der Waals surface area contributed by atoms with Gasteiger partial charge in [0, 0.05) is 16.2 Å². The van der Waals surface area contributed by atoms with Crippen LogP contribution in [0.3, 0.4) is 0 Å². The Balaban J connectivity index is 1.37. The molecule has 0 radical (unpaired) electrons. The fourth-order valence-electron chi connectivity index (χ4n) is 6.12. The number of benzene rings is 7. The lowest BCUT2D eigenvalue weighted by Crippen LogP contribution is -1.95. The largest absolute Gasteiger partial charge is 0.309 e. The molecule has 0 N–H and O–H groups in total. The van der Waals surface area contributed by atoms with Crippen LogP contribution in [-0.2, 0) is 0 Å². The summed E-state index contributed by atoms with van der Waals surface area (Å²) < 4.78 is 2.44. The summed E-state index contributed by atoms with van der Waals surface area (Å²) in [5.41, 5.74) is 8.62. The lowest BCUT2D eigenvalue weighted by atomic mass is 9.96. The first-order valence-electron chi connectivity index (χ1n) is 13.5. The van der Waals surface area contributed by atoms with E-state index in [1.807, 2.05) is 0 Å². The van der Waals surface area contributed by atoms with Crippen LogP contribution in [0.5, 0.6) is 0 Å². The Kier molecular flexibility index (Phi) is 4.89. The van der Waals surface area contributed by atoms with Crippen molar-refractivity contribution in [2.75, 3.05) is 0 Å². The van der Waals surface area contributed by atoms with Gasteiger partial charge in [-0.3, -0.25) is 0 Å². The molecule has 1 nitrogen and oxygen atoms in total. The minimum absolute atomic E-state index is 1.21.